The molecule has 0 amide bonds. The molecule has 0 unspecified atom stereocenters. The van der Waals surface area contributed by atoms with Crippen LogP contribution in [0.3, 0.4) is 0 Å². The van der Waals surface area contributed by atoms with Crippen LogP contribution in [0.5, 0.6) is 11.5 Å². The van der Waals surface area contributed by atoms with Gasteiger partial charge in [-0.3, -0.25) is 0 Å². The van der Waals surface area contributed by atoms with Crippen LogP contribution in [0.25, 0.3) is 0 Å². The van der Waals surface area contributed by atoms with Crippen LogP contribution < -0.4 is 14.2 Å². The van der Waals surface area contributed by atoms with E-state index >= 15 is 0 Å². The van der Waals surface area contributed by atoms with Gasteiger partial charge in [0.2, 0.25) is 5.75 Å². The van der Waals surface area contributed by atoms with E-state index in [2.05, 4.69) is 5.32 Å². The van der Waals surface area contributed by atoms with Crippen LogP contribution in [-0.2, 0) is 16.7 Å². The summed E-state index contributed by atoms with van der Waals surface area (Å²) < 4.78 is 35.9. The molecule has 0 aromatic heterocycles. The number of ether oxygens (including phenoxy) is 1. The first-order valence-electron chi connectivity index (χ1n) is 9.08. The van der Waals surface area contributed by atoms with Crippen molar-refractivity contribution in [1.82, 2.24) is 0 Å². The first-order chi connectivity index (χ1) is 14.2. The Morgan fingerprint density at radius 3 is 2.33 bits per heavy atom. The van der Waals surface area contributed by atoms with Crippen LogP contribution in [0.2, 0.25) is 10.0 Å². The van der Waals surface area contributed by atoms with Crippen LogP contribution in [0.4, 0.5) is 5.69 Å². The van der Waals surface area contributed by atoms with E-state index in [0.29, 0.717) is 11.6 Å². The Morgan fingerprint density at radius 1 is 0.967 bits per heavy atom. The molecule has 158 valence electrons. The molecule has 3 rings (SSSR count). The molecule has 0 heterocycles. The highest BCUT2D eigenvalue weighted by Crippen LogP contribution is 2.38. The molecule has 0 atom stereocenters. The summed E-state index contributed by atoms with van der Waals surface area (Å²) in [6.07, 6.45) is 0. The third-order valence-corrected chi connectivity index (χ3v) is 6.47. The summed E-state index contributed by atoms with van der Waals surface area (Å²) in [5.41, 5.74) is 3.55. The lowest BCUT2D eigenvalue weighted by molar-refractivity contribution is 0.390. The Hall–Kier alpha value is -2.41. The Labute approximate surface area is 186 Å². The average molecular weight is 466 g/mol. The van der Waals surface area contributed by atoms with Crippen molar-refractivity contribution in [3.8, 4) is 11.5 Å². The van der Waals surface area contributed by atoms with E-state index in [9.17, 15) is 8.42 Å². The van der Waals surface area contributed by atoms with E-state index < -0.39 is 10.1 Å². The maximum atomic E-state index is 12.6. The zero-order chi connectivity index (χ0) is 21.9. The number of methoxy groups -OCH3 is 1. The third-order valence-electron chi connectivity index (χ3n) is 4.54. The average Bonchev–Trinajstić information content (AvgIpc) is 2.71. The Balaban J connectivity index is 1.85. The molecule has 0 aliphatic rings. The number of hydrogen-bond donors (Lipinski definition) is 1. The molecular formula is C22H21Cl2NO4S. The second-order valence-electron chi connectivity index (χ2n) is 6.73. The fourth-order valence-electron chi connectivity index (χ4n) is 2.82. The van der Waals surface area contributed by atoms with Crippen molar-refractivity contribution in [2.75, 3.05) is 12.4 Å². The molecule has 3 aromatic rings. The molecule has 0 bridgehead atoms. The van der Waals surface area contributed by atoms with E-state index in [0.717, 1.165) is 22.4 Å². The van der Waals surface area contributed by atoms with Gasteiger partial charge >= 0.3 is 10.1 Å². The number of anilines is 1. The Kier molecular flexibility index (Phi) is 6.81. The molecule has 5 nitrogen and oxygen atoms in total. The standard InChI is InChI=1S/C22H21Cl2NO4S/c1-14-7-9-17(10-8-14)30(26,27)29-22-19(24)11-16(12-21(22)28-3)13-25-20-6-4-5-18(23)15(20)2/h4-12,25H,13H2,1-3H3. The lowest BCUT2D eigenvalue weighted by atomic mass is 10.1. The van der Waals surface area contributed by atoms with Crippen LogP contribution in [0.1, 0.15) is 16.7 Å². The van der Waals surface area contributed by atoms with Gasteiger partial charge in [0.05, 0.1) is 12.1 Å². The summed E-state index contributed by atoms with van der Waals surface area (Å²) >= 11 is 12.5. The van der Waals surface area contributed by atoms with Gasteiger partial charge in [-0.05, 0) is 61.4 Å². The molecule has 0 saturated carbocycles. The van der Waals surface area contributed by atoms with Crippen molar-refractivity contribution in [1.29, 1.82) is 0 Å². The van der Waals surface area contributed by atoms with E-state index in [-0.39, 0.29) is 21.4 Å². The summed E-state index contributed by atoms with van der Waals surface area (Å²) in [6, 6.07) is 15.3. The monoisotopic (exact) mass is 465 g/mol. The Morgan fingerprint density at radius 2 is 1.67 bits per heavy atom. The molecule has 1 N–H and O–H groups in total. The SMILES string of the molecule is COc1cc(CNc2cccc(Cl)c2C)cc(Cl)c1OS(=O)(=O)c1ccc(C)cc1. The zero-order valence-corrected chi connectivity index (χ0v) is 19.0. The third kappa shape index (κ3) is 5.01. The van der Waals surface area contributed by atoms with Crippen molar-refractivity contribution in [2.45, 2.75) is 25.3 Å². The van der Waals surface area contributed by atoms with Gasteiger partial charge in [0.25, 0.3) is 0 Å². The maximum absolute atomic E-state index is 12.6. The highest BCUT2D eigenvalue weighted by molar-refractivity contribution is 7.87. The first-order valence-corrected chi connectivity index (χ1v) is 11.2. The lowest BCUT2D eigenvalue weighted by Crippen LogP contribution is -2.11. The van der Waals surface area contributed by atoms with Gasteiger partial charge in [-0.1, -0.05) is 47.0 Å². The topological polar surface area (TPSA) is 64.6 Å². The lowest BCUT2D eigenvalue weighted by Gasteiger charge is -2.15. The summed E-state index contributed by atoms with van der Waals surface area (Å²) in [6.45, 7) is 4.22. The van der Waals surface area contributed by atoms with Crippen molar-refractivity contribution in [2.24, 2.45) is 0 Å². The number of aryl methyl sites for hydroxylation is 1. The summed E-state index contributed by atoms with van der Waals surface area (Å²) in [7, 11) is -2.63. The van der Waals surface area contributed by atoms with E-state index in [4.69, 9.17) is 32.1 Å². The maximum Gasteiger partial charge on any atom is 0.339 e. The van der Waals surface area contributed by atoms with Crippen molar-refractivity contribution >= 4 is 39.0 Å². The van der Waals surface area contributed by atoms with E-state index in [1.165, 1.54) is 19.2 Å². The van der Waals surface area contributed by atoms with Crippen LogP contribution >= 0.6 is 23.2 Å². The van der Waals surface area contributed by atoms with Gasteiger partial charge in [-0.25, -0.2) is 0 Å². The predicted octanol–water partition coefficient (Wildman–Crippen LogP) is 6.00. The molecule has 3 aromatic carbocycles. The number of hydrogen-bond acceptors (Lipinski definition) is 5. The largest absolute Gasteiger partial charge is 0.493 e. The molecule has 30 heavy (non-hydrogen) atoms. The fraction of sp³-hybridized carbons (Fsp3) is 0.182. The zero-order valence-electron chi connectivity index (χ0n) is 16.7. The van der Waals surface area contributed by atoms with E-state index in [1.54, 1.807) is 24.3 Å². The van der Waals surface area contributed by atoms with Crippen molar-refractivity contribution in [3.63, 3.8) is 0 Å². The molecule has 0 saturated heterocycles. The van der Waals surface area contributed by atoms with Crippen LogP contribution in [0, 0.1) is 13.8 Å². The second-order valence-corrected chi connectivity index (χ2v) is 9.09. The van der Waals surface area contributed by atoms with Gasteiger partial charge in [-0.2, -0.15) is 8.42 Å². The normalized spacial score (nSPS) is 11.2. The minimum Gasteiger partial charge on any atom is -0.493 e. The minimum absolute atomic E-state index is 0.0356. The van der Waals surface area contributed by atoms with Gasteiger partial charge in [0.15, 0.2) is 5.75 Å². The number of halogens is 2. The van der Waals surface area contributed by atoms with Crippen LogP contribution in [-0.4, -0.2) is 15.5 Å². The highest BCUT2D eigenvalue weighted by Gasteiger charge is 2.22. The molecule has 0 aliphatic heterocycles. The fourth-order valence-corrected chi connectivity index (χ4v) is 4.26. The van der Waals surface area contributed by atoms with Crippen molar-refractivity contribution < 1.29 is 17.3 Å². The molecular weight excluding hydrogens is 445 g/mol. The summed E-state index contributed by atoms with van der Waals surface area (Å²) in [4.78, 5) is 0.0356. The molecule has 0 spiro atoms. The van der Waals surface area contributed by atoms with Crippen molar-refractivity contribution in [3.05, 3.63) is 81.3 Å². The molecule has 0 aliphatic carbocycles. The van der Waals surface area contributed by atoms with Gasteiger partial charge in [-0.15, -0.1) is 0 Å². The second kappa shape index (κ2) is 9.16. The van der Waals surface area contributed by atoms with E-state index in [1.807, 2.05) is 32.0 Å². The number of benzene rings is 3. The summed E-state index contributed by atoms with van der Waals surface area (Å²) in [5, 5.41) is 4.09. The smallest absolute Gasteiger partial charge is 0.339 e. The number of nitrogens with one attached hydrogen (secondary N) is 1. The highest BCUT2D eigenvalue weighted by atomic mass is 35.5. The predicted molar refractivity (Wildman–Crippen MR) is 121 cm³/mol. The number of rotatable bonds is 7. The first kappa shape index (κ1) is 22.3. The summed E-state index contributed by atoms with van der Waals surface area (Å²) in [5.74, 6) is 0.167. The van der Waals surface area contributed by atoms with Gasteiger partial charge in [0, 0.05) is 17.3 Å². The Bertz CT molecular complexity index is 1160. The van der Waals surface area contributed by atoms with Gasteiger partial charge in [0.1, 0.15) is 4.90 Å². The van der Waals surface area contributed by atoms with Crippen LogP contribution in [0.15, 0.2) is 59.5 Å². The molecule has 0 radical (unpaired) electrons. The molecule has 8 heteroatoms. The molecule has 0 fully saturated rings. The van der Waals surface area contributed by atoms with Gasteiger partial charge < -0.3 is 14.2 Å². The quantitative estimate of drug-likeness (QED) is 0.433. The minimum atomic E-state index is -4.06.